The maximum Gasteiger partial charge on any atom is 0.229 e. The van der Waals surface area contributed by atoms with Gasteiger partial charge in [0.25, 0.3) is 0 Å². The summed E-state index contributed by atoms with van der Waals surface area (Å²) in [6.07, 6.45) is 0.369. The van der Waals surface area contributed by atoms with Crippen molar-refractivity contribution in [2.24, 2.45) is 0 Å². The van der Waals surface area contributed by atoms with Crippen molar-refractivity contribution in [1.82, 2.24) is 14.8 Å². The van der Waals surface area contributed by atoms with Gasteiger partial charge < -0.3 is 9.80 Å². The molecular formula is C20H21N3OS2. The lowest BCUT2D eigenvalue weighted by molar-refractivity contribution is -0.135. The molecular weight excluding hydrogens is 362 g/mol. The van der Waals surface area contributed by atoms with Gasteiger partial charge in [0.15, 0.2) is 0 Å². The minimum atomic E-state index is 0.109. The van der Waals surface area contributed by atoms with Crippen LogP contribution >= 0.6 is 22.7 Å². The average Bonchev–Trinajstić information content (AvgIpc) is 3.34. The predicted octanol–water partition coefficient (Wildman–Crippen LogP) is 3.93. The molecule has 3 heterocycles. The number of carbonyl (C=O) groups excluding carboxylic acids is 1. The molecule has 1 aliphatic rings. The number of rotatable bonds is 4. The maximum atomic E-state index is 13.0. The van der Waals surface area contributed by atoms with Crippen molar-refractivity contribution in [3.05, 3.63) is 63.8 Å². The van der Waals surface area contributed by atoms with E-state index in [4.69, 9.17) is 0 Å². The fraction of sp³-hybridized carbons (Fsp3) is 0.300. The molecule has 2 aromatic heterocycles. The summed E-state index contributed by atoms with van der Waals surface area (Å²) in [5.41, 5.74) is 3.21. The summed E-state index contributed by atoms with van der Waals surface area (Å²) in [4.78, 5) is 22.0. The van der Waals surface area contributed by atoms with E-state index < -0.39 is 0 Å². The number of likely N-dealkylation sites (N-methyl/N-ethyl adjacent to an activating group) is 1. The molecule has 0 unspecified atom stereocenters. The van der Waals surface area contributed by atoms with Crippen LogP contribution in [0.15, 0.2) is 52.5 Å². The van der Waals surface area contributed by atoms with Crippen LogP contribution in [0, 0.1) is 0 Å². The highest BCUT2D eigenvalue weighted by atomic mass is 32.1. The maximum absolute atomic E-state index is 13.0. The summed E-state index contributed by atoms with van der Waals surface area (Å²) in [5, 5.41) is 7.15. The molecule has 26 heavy (non-hydrogen) atoms. The molecule has 4 rings (SSSR count). The SMILES string of the molecule is CN1CCN(C(=O)Cc2csc(-c3ccsc3)n2)[C@H](c2ccccc2)C1. The minimum Gasteiger partial charge on any atom is -0.333 e. The van der Waals surface area contributed by atoms with Gasteiger partial charge in [-0.15, -0.1) is 11.3 Å². The minimum absolute atomic E-state index is 0.109. The van der Waals surface area contributed by atoms with Gasteiger partial charge in [-0.25, -0.2) is 4.98 Å². The fourth-order valence-electron chi connectivity index (χ4n) is 3.34. The lowest BCUT2D eigenvalue weighted by Crippen LogP contribution is -2.49. The summed E-state index contributed by atoms with van der Waals surface area (Å²) < 4.78 is 0. The summed E-state index contributed by atoms with van der Waals surface area (Å²) in [6, 6.07) is 12.5. The van der Waals surface area contributed by atoms with E-state index in [0.29, 0.717) is 6.42 Å². The van der Waals surface area contributed by atoms with Gasteiger partial charge >= 0.3 is 0 Å². The van der Waals surface area contributed by atoms with Gasteiger partial charge in [0.05, 0.1) is 18.2 Å². The topological polar surface area (TPSA) is 36.4 Å². The number of hydrogen-bond donors (Lipinski definition) is 0. The Labute approximate surface area is 161 Å². The van der Waals surface area contributed by atoms with Gasteiger partial charge in [-0.05, 0) is 24.1 Å². The Kier molecular flexibility index (Phi) is 5.15. The average molecular weight is 384 g/mol. The van der Waals surface area contributed by atoms with Gasteiger partial charge in [0.2, 0.25) is 5.91 Å². The lowest BCUT2D eigenvalue weighted by atomic mass is 10.0. The molecule has 1 saturated heterocycles. The highest BCUT2D eigenvalue weighted by molar-refractivity contribution is 7.14. The number of carbonyl (C=O) groups is 1. The quantitative estimate of drug-likeness (QED) is 0.685. The molecule has 0 radical (unpaired) electrons. The van der Waals surface area contributed by atoms with E-state index in [0.717, 1.165) is 35.9 Å². The van der Waals surface area contributed by atoms with Crippen molar-refractivity contribution in [3.8, 4) is 10.6 Å². The second kappa shape index (κ2) is 7.70. The number of amides is 1. The second-order valence-corrected chi connectivity index (χ2v) is 8.25. The summed E-state index contributed by atoms with van der Waals surface area (Å²) in [6.45, 7) is 2.54. The van der Waals surface area contributed by atoms with Crippen molar-refractivity contribution < 1.29 is 4.79 Å². The van der Waals surface area contributed by atoms with E-state index in [2.05, 4.69) is 45.9 Å². The molecule has 3 aromatic rings. The van der Waals surface area contributed by atoms with Crippen molar-refractivity contribution in [2.45, 2.75) is 12.5 Å². The van der Waals surface area contributed by atoms with Gasteiger partial charge in [0, 0.05) is 36.0 Å². The fourth-order valence-corrected chi connectivity index (χ4v) is 4.87. The monoisotopic (exact) mass is 383 g/mol. The zero-order valence-electron chi connectivity index (χ0n) is 14.7. The van der Waals surface area contributed by atoms with Gasteiger partial charge in [-0.3, -0.25) is 4.79 Å². The Balaban J connectivity index is 1.51. The van der Waals surface area contributed by atoms with Crippen LogP contribution in [0.3, 0.4) is 0 Å². The van der Waals surface area contributed by atoms with Crippen LogP contribution in [0.4, 0.5) is 0 Å². The molecule has 0 spiro atoms. The molecule has 0 bridgehead atoms. The van der Waals surface area contributed by atoms with Crippen LogP contribution in [0.2, 0.25) is 0 Å². The number of piperazine rings is 1. The number of hydrogen-bond acceptors (Lipinski definition) is 5. The third-order valence-corrected chi connectivity index (χ3v) is 6.36. The Bertz CT molecular complexity index is 860. The molecule has 1 atom stereocenters. The van der Waals surface area contributed by atoms with Crippen molar-refractivity contribution in [3.63, 3.8) is 0 Å². The summed E-state index contributed by atoms with van der Waals surface area (Å²) in [7, 11) is 2.12. The number of benzene rings is 1. The van der Waals surface area contributed by atoms with Crippen LogP contribution in [0.1, 0.15) is 17.3 Å². The van der Waals surface area contributed by atoms with Gasteiger partial charge in [-0.1, -0.05) is 30.3 Å². The van der Waals surface area contributed by atoms with E-state index in [9.17, 15) is 4.79 Å². The smallest absolute Gasteiger partial charge is 0.229 e. The second-order valence-electron chi connectivity index (χ2n) is 6.61. The van der Waals surface area contributed by atoms with Crippen LogP contribution in [-0.2, 0) is 11.2 Å². The first-order valence-corrected chi connectivity index (χ1v) is 10.5. The molecule has 0 saturated carbocycles. The number of thiazole rings is 1. The van der Waals surface area contributed by atoms with E-state index in [1.54, 1.807) is 22.7 Å². The van der Waals surface area contributed by atoms with Gasteiger partial charge in [0.1, 0.15) is 5.01 Å². The van der Waals surface area contributed by atoms with Crippen molar-refractivity contribution in [2.75, 3.05) is 26.7 Å². The molecule has 1 fully saturated rings. The Morgan fingerprint density at radius 3 is 2.81 bits per heavy atom. The van der Waals surface area contributed by atoms with Gasteiger partial charge in [-0.2, -0.15) is 11.3 Å². The zero-order chi connectivity index (χ0) is 17.9. The van der Waals surface area contributed by atoms with E-state index in [-0.39, 0.29) is 11.9 Å². The first kappa shape index (κ1) is 17.4. The third-order valence-electron chi connectivity index (χ3n) is 4.74. The first-order valence-electron chi connectivity index (χ1n) is 8.70. The molecule has 1 amide bonds. The molecule has 1 aliphatic heterocycles. The number of nitrogens with zero attached hydrogens (tertiary/aromatic N) is 3. The highest BCUT2D eigenvalue weighted by Crippen LogP contribution is 2.28. The Morgan fingerprint density at radius 2 is 2.04 bits per heavy atom. The Hall–Kier alpha value is -2.02. The normalized spacial score (nSPS) is 18.2. The number of aromatic nitrogens is 1. The van der Waals surface area contributed by atoms with Crippen LogP contribution < -0.4 is 0 Å². The largest absolute Gasteiger partial charge is 0.333 e. The first-order chi connectivity index (χ1) is 12.7. The molecule has 6 heteroatoms. The Morgan fingerprint density at radius 1 is 1.19 bits per heavy atom. The van der Waals surface area contributed by atoms with E-state index in [1.807, 2.05) is 28.5 Å². The van der Waals surface area contributed by atoms with E-state index in [1.165, 1.54) is 5.56 Å². The summed E-state index contributed by atoms with van der Waals surface area (Å²) in [5.74, 6) is 0.161. The van der Waals surface area contributed by atoms with Crippen LogP contribution in [0.25, 0.3) is 10.6 Å². The summed E-state index contributed by atoms with van der Waals surface area (Å²) >= 11 is 3.28. The standard InChI is InChI=1S/C20H21N3OS2/c1-22-8-9-23(18(12-22)15-5-3-2-4-6-15)19(24)11-17-14-26-20(21-17)16-7-10-25-13-16/h2-7,10,13-14,18H,8-9,11-12H2,1H3/t18-/m0/s1. The highest BCUT2D eigenvalue weighted by Gasteiger charge is 2.30. The predicted molar refractivity (Wildman–Crippen MR) is 108 cm³/mol. The number of thiophene rings is 1. The van der Waals surface area contributed by atoms with E-state index >= 15 is 0 Å². The molecule has 134 valence electrons. The van der Waals surface area contributed by atoms with Crippen LogP contribution in [-0.4, -0.2) is 47.4 Å². The third kappa shape index (κ3) is 3.72. The van der Waals surface area contributed by atoms with Crippen molar-refractivity contribution in [1.29, 1.82) is 0 Å². The molecule has 0 N–H and O–H groups in total. The van der Waals surface area contributed by atoms with Crippen LogP contribution in [0.5, 0.6) is 0 Å². The lowest BCUT2D eigenvalue weighted by Gasteiger charge is -2.40. The zero-order valence-corrected chi connectivity index (χ0v) is 16.3. The van der Waals surface area contributed by atoms with Crippen molar-refractivity contribution >= 4 is 28.6 Å². The molecule has 1 aromatic carbocycles. The molecule has 4 nitrogen and oxygen atoms in total. The molecule has 0 aliphatic carbocycles.